The summed E-state index contributed by atoms with van der Waals surface area (Å²) in [5.74, 6) is 0. The van der Waals surface area contributed by atoms with Crippen LogP contribution in [0.25, 0.3) is 0 Å². The first-order valence-corrected chi connectivity index (χ1v) is 8.78. The molecule has 120 valence electrons. The summed E-state index contributed by atoms with van der Waals surface area (Å²) in [5.41, 5.74) is 0. The number of ether oxygens (including phenoxy) is 1. The van der Waals surface area contributed by atoms with Gasteiger partial charge in [0.1, 0.15) is 0 Å². The Balaban J connectivity index is 2.28. The van der Waals surface area contributed by atoms with Gasteiger partial charge < -0.3 is 10.1 Å². The highest BCUT2D eigenvalue weighted by Crippen LogP contribution is 2.17. The van der Waals surface area contributed by atoms with Crippen LogP contribution in [0.2, 0.25) is 0 Å². The van der Waals surface area contributed by atoms with Crippen molar-refractivity contribution < 1.29 is 4.74 Å². The minimum atomic E-state index is 0.709. The van der Waals surface area contributed by atoms with Crippen molar-refractivity contribution in [3.05, 3.63) is 0 Å². The molecule has 0 saturated heterocycles. The predicted molar refractivity (Wildman–Crippen MR) is 87.3 cm³/mol. The zero-order valence-electron chi connectivity index (χ0n) is 14.0. The molecule has 0 aromatic heterocycles. The smallest absolute Gasteiger partial charge is 0.0589 e. The summed E-state index contributed by atoms with van der Waals surface area (Å²) >= 11 is 0. The molecular weight excluding hydrogens is 248 g/mol. The summed E-state index contributed by atoms with van der Waals surface area (Å²) < 4.78 is 5.26. The van der Waals surface area contributed by atoms with Crippen LogP contribution in [0.4, 0.5) is 0 Å². The van der Waals surface area contributed by atoms with E-state index < -0.39 is 0 Å². The molecule has 1 fully saturated rings. The lowest BCUT2D eigenvalue weighted by atomic mass is 10.1. The quantitative estimate of drug-likeness (QED) is 0.622. The molecule has 0 bridgehead atoms. The first-order valence-electron chi connectivity index (χ1n) is 8.78. The molecule has 20 heavy (non-hydrogen) atoms. The number of nitrogens with zero attached hydrogens (tertiary/aromatic N) is 1. The van der Waals surface area contributed by atoms with Gasteiger partial charge in [-0.25, -0.2) is 0 Å². The van der Waals surface area contributed by atoms with Gasteiger partial charge >= 0.3 is 0 Å². The molecule has 1 aliphatic carbocycles. The summed E-state index contributed by atoms with van der Waals surface area (Å²) in [6, 6.07) is 1.48. The zero-order chi connectivity index (χ0) is 14.6. The molecule has 0 aromatic rings. The van der Waals surface area contributed by atoms with Crippen LogP contribution < -0.4 is 5.32 Å². The first-order chi connectivity index (χ1) is 9.81. The molecule has 0 radical (unpaired) electrons. The number of hydrogen-bond donors (Lipinski definition) is 1. The van der Waals surface area contributed by atoms with Crippen molar-refractivity contribution in [2.75, 3.05) is 33.4 Å². The van der Waals surface area contributed by atoms with Gasteiger partial charge in [-0.05, 0) is 25.7 Å². The Morgan fingerprint density at radius 1 is 1.05 bits per heavy atom. The lowest BCUT2D eigenvalue weighted by Crippen LogP contribution is -2.43. The molecule has 3 heteroatoms. The lowest BCUT2D eigenvalue weighted by Gasteiger charge is -2.31. The molecule has 1 N–H and O–H groups in total. The fourth-order valence-electron chi connectivity index (χ4n) is 3.39. The fraction of sp³-hybridized carbons (Fsp3) is 1.00. The van der Waals surface area contributed by atoms with Crippen LogP contribution in [0.1, 0.15) is 65.2 Å². The van der Waals surface area contributed by atoms with Crippen molar-refractivity contribution in [2.24, 2.45) is 0 Å². The topological polar surface area (TPSA) is 24.5 Å². The summed E-state index contributed by atoms with van der Waals surface area (Å²) in [4.78, 5) is 2.60. The molecule has 3 nitrogen and oxygen atoms in total. The van der Waals surface area contributed by atoms with E-state index in [1.807, 2.05) is 0 Å². The summed E-state index contributed by atoms with van der Waals surface area (Å²) in [6.45, 7) is 8.80. The van der Waals surface area contributed by atoms with E-state index in [0.717, 1.165) is 32.3 Å². The second-order valence-corrected chi connectivity index (χ2v) is 6.14. The van der Waals surface area contributed by atoms with E-state index in [1.54, 1.807) is 7.11 Å². The number of rotatable bonds is 10. The van der Waals surface area contributed by atoms with Gasteiger partial charge in [0.2, 0.25) is 0 Å². The maximum absolute atomic E-state index is 5.26. The lowest BCUT2D eigenvalue weighted by molar-refractivity contribution is 0.115. The van der Waals surface area contributed by atoms with Crippen LogP contribution >= 0.6 is 0 Å². The van der Waals surface area contributed by atoms with Gasteiger partial charge in [0, 0.05) is 38.8 Å². The Labute approximate surface area is 126 Å². The van der Waals surface area contributed by atoms with Crippen LogP contribution in [0.3, 0.4) is 0 Å². The van der Waals surface area contributed by atoms with E-state index in [4.69, 9.17) is 4.74 Å². The maximum Gasteiger partial charge on any atom is 0.0589 e. The normalized spacial score (nSPS) is 17.9. The molecule has 1 saturated carbocycles. The van der Waals surface area contributed by atoms with E-state index in [2.05, 4.69) is 24.1 Å². The van der Waals surface area contributed by atoms with Crippen molar-refractivity contribution in [3.8, 4) is 0 Å². The second kappa shape index (κ2) is 11.5. The van der Waals surface area contributed by atoms with E-state index in [-0.39, 0.29) is 0 Å². The van der Waals surface area contributed by atoms with Gasteiger partial charge in [-0.15, -0.1) is 0 Å². The molecule has 0 amide bonds. The standard InChI is InChI=1S/C17H36N2O/c1-4-17(5-2)19(14-15-20-3)13-12-18-16-10-8-6-7-9-11-16/h16-18H,4-15H2,1-3H3. The Kier molecular flexibility index (Phi) is 10.3. The molecule has 1 rings (SSSR count). The fourth-order valence-corrected chi connectivity index (χ4v) is 3.39. The van der Waals surface area contributed by atoms with Crippen molar-refractivity contribution in [2.45, 2.75) is 77.3 Å². The maximum atomic E-state index is 5.26. The Bertz CT molecular complexity index is 211. The van der Waals surface area contributed by atoms with Crippen molar-refractivity contribution in [1.82, 2.24) is 10.2 Å². The minimum Gasteiger partial charge on any atom is -0.383 e. The van der Waals surface area contributed by atoms with Gasteiger partial charge in [0.15, 0.2) is 0 Å². The Morgan fingerprint density at radius 3 is 2.25 bits per heavy atom. The number of hydrogen-bond acceptors (Lipinski definition) is 3. The minimum absolute atomic E-state index is 0.709. The third kappa shape index (κ3) is 7.05. The van der Waals surface area contributed by atoms with Crippen molar-refractivity contribution in [3.63, 3.8) is 0 Å². The van der Waals surface area contributed by atoms with Crippen molar-refractivity contribution in [1.29, 1.82) is 0 Å². The van der Waals surface area contributed by atoms with E-state index in [0.29, 0.717) is 6.04 Å². The third-order valence-electron chi connectivity index (χ3n) is 4.73. The molecule has 0 aromatic carbocycles. The molecule has 0 aliphatic heterocycles. The van der Waals surface area contributed by atoms with Crippen LogP contribution in [0.15, 0.2) is 0 Å². The summed E-state index contributed by atoms with van der Waals surface area (Å²) in [7, 11) is 1.80. The molecule has 0 heterocycles. The van der Waals surface area contributed by atoms with E-state index in [9.17, 15) is 0 Å². The number of methoxy groups -OCH3 is 1. The highest BCUT2D eigenvalue weighted by Gasteiger charge is 2.16. The average Bonchev–Trinajstić information content (AvgIpc) is 2.74. The third-order valence-corrected chi connectivity index (χ3v) is 4.73. The summed E-state index contributed by atoms with van der Waals surface area (Å²) in [5, 5.41) is 3.79. The molecular formula is C17H36N2O. The SMILES string of the molecule is CCC(CC)N(CCNC1CCCCCC1)CCOC. The molecule has 0 spiro atoms. The van der Waals surface area contributed by atoms with Gasteiger partial charge in [-0.1, -0.05) is 39.5 Å². The predicted octanol–water partition coefficient (Wildman–Crippen LogP) is 3.44. The van der Waals surface area contributed by atoms with E-state index in [1.165, 1.54) is 51.4 Å². The van der Waals surface area contributed by atoms with E-state index >= 15 is 0 Å². The Hall–Kier alpha value is -0.120. The van der Waals surface area contributed by atoms with Crippen LogP contribution in [0, 0.1) is 0 Å². The molecule has 1 aliphatic rings. The zero-order valence-corrected chi connectivity index (χ0v) is 14.0. The molecule has 0 unspecified atom stereocenters. The van der Waals surface area contributed by atoms with Crippen molar-refractivity contribution >= 4 is 0 Å². The molecule has 0 atom stereocenters. The van der Waals surface area contributed by atoms with Gasteiger partial charge in [-0.3, -0.25) is 4.90 Å². The van der Waals surface area contributed by atoms with Crippen LogP contribution in [-0.4, -0.2) is 50.3 Å². The van der Waals surface area contributed by atoms with Crippen LogP contribution in [-0.2, 0) is 4.74 Å². The monoisotopic (exact) mass is 284 g/mol. The summed E-state index contributed by atoms with van der Waals surface area (Å²) in [6.07, 6.45) is 10.9. The highest BCUT2D eigenvalue weighted by atomic mass is 16.5. The Morgan fingerprint density at radius 2 is 1.70 bits per heavy atom. The average molecular weight is 284 g/mol. The first kappa shape index (κ1) is 17.9. The number of nitrogens with one attached hydrogen (secondary N) is 1. The van der Waals surface area contributed by atoms with Gasteiger partial charge in [0.25, 0.3) is 0 Å². The van der Waals surface area contributed by atoms with Gasteiger partial charge in [0.05, 0.1) is 6.61 Å². The highest BCUT2D eigenvalue weighted by molar-refractivity contribution is 4.74. The second-order valence-electron chi connectivity index (χ2n) is 6.14. The largest absolute Gasteiger partial charge is 0.383 e. The van der Waals surface area contributed by atoms with Crippen LogP contribution in [0.5, 0.6) is 0 Å². The van der Waals surface area contributed by atoms with Gasteiger partial charge in [-0.2, -0.15) is 0 Å².